The second-order valence-corrected chi connectivity index (χ2v) is 2.67. The summed E-state index contributed by atoms with van der Waals surface area (Å²) in [4.78, 5) is 14.9. The number of carbonyl (C=O) groups excluding carboxylic acids is 1. The van der Waals surface area contributed by atoms with Gasteiger partial charge in [0.2, 0.25) is 0 Å². The molecule has 4 heteroatoms. The number of rotatable bonds is 2. The van der Waals surface area contributed by atoms with Crippen LogP contribution in [0.15, 0.2) is 18.5 Å². The van der Waals surface area contributed by atoms with Crippen LogP contribution in [-0.2, 0) is 4.74 Å². The molecule has 0 unspecified atom stereocenters. The van der Waals surface area contributed by atoms with E-state index in [4.69, 9.17) is 0 Å². The number of pyridine rings is 1. The molecule has 0 fully saturated rings. The number of aromatic nitrogens is 1. The summed E-state index contributed by atoms with van der Waals surface area (Å²) in [5.74, 6) is -0.449. The fourth-order valence-electron chi connectivity index (χ4n) is 0.916. The Hall–Kier alpha value is -1.42. The van der Waals surface area contributed by atoms with Gasteiger partial charge in [-0.25, -0.2) is 4.79 Å². The summed E-state index contributed by atoms with van der Waals surface area (Å²) in [6.07, 6.45) is 2.28. The van der Waals surface area contributed by atoms with Crippen LogP contribution in [0.4, 0.5) is 0 Å². The molecule has 0 aliphatic rings. The summed E-state index contributed by atoms with van der Waals surface area (Å²) < 4.78 is 4.51. The van der Waals surface area contributed by atoms with Crippen molar-refractivity contribution >= 4 is 5.97 Å². The van der Waals surface area contributed by atoms with E-state index in [-0.39, 0.29) is 0 Å². The molecule has 0 saturated heterocycles. The molecule has 1 aromatic rings. The molecule has 1 N–H and O–H groups in total. The van der Waals surface area contributed by atoms with E-state index in [1.807, 2.05) is 0 Å². The molecule has 0 spiro atoms. The van der Waals surface area contributed by atoms with Crippen molar-refractivity contribution in [1.29, 1.82) is 0 Å². The average molecular weight is 181 g/mol. The van der Waals surface area contributed by atoms with Crippen LogP contribution in [0.1, 0.15) is 28.9 Å². The number of methoxy groups -OCH3 is 1. The molecular weight excluding hydrogens is 170 g/mol. The Morgan fingerprint density at radius 1 is 1.62 bits per heavy atom. The standard InChI is InChI=1S/C9H11NO3/c1-6(11)7-3-8(5-10-4-7)9(12)13-2/h3-6,11H,1-2H3/t6-/m0/s1. The molecule has 0 aliphatic carbocycles. The van der Waals surface area contributed by atoms with E-state index in [1.165, 1.54) is 19.5 Å². The van der Waals surface area contributed by atoms with Crippen LogP contribution in [0, 0.1) is 0 Å². The zero-order chi connectivity index (χ0) is 9.84. The van der Waals surface area contributed by atoms with Gasteiger partial charge in [-0.05, 0) is 18.6 Å². The van der Waals surface area contributed by atoms with Crippen molar-refractivity contribution in [2.45, 2.75) is 13.0 Å². The number of esters is 1. The van der Waals surface area contributed by atoms with Gasteiger partial charge in [0.15, 0.2) is 0 Å². The summed E-state index contributed by atoms with van der Waals surface area (Å²) in [6, 6.07) is 1.56. The Bertz CT molecular complexity index is 309. The van der Waals surface area contributed by atoms with Crippen LogP contribution in [0.2, 0.25) is 0 Å². The van der Waals surface area contributed by atoms with Gasteiger partial charge in [0.05, 0.1) is 18.8 Å². The summed E-state index contributed by atoms with van der Waals surface area (Å²) in [7, 11) is 1.30. The lowest BCUT2D eigenvalue weighted by atomic mass is 10.1. The van der Waals surface area contributed by atoms with Gasteiger partial charge in [-0.15, -0.1) is 0 Å². The summed E-state index contributed by atoms with van der Waals surface area (Å²) in [6.45, 7) is 1.61. The first-order valence-corrected chi connectivity index (χ1v) is 3.86. The van der Waals surface area contributed by atoms with Gasteiger partial charge in [0.25, 0.3) is 0 Å². The number of aliphatic hydroxyl groups excluding tert-OH is 1. The van der Waals surface area contributed by atoms with Gasteiger partial charge in [-0.2, -0.15) is 0 Å². The molecule has 0 aliphatic heterocycles. The summed E-state index contributed by atoms with van der Waals surface area (Å²) in [5, 5.41) is 9.21. The van der Waals surface area contributed by atoms with E-state index in [0.29, 0.717) is 11.1 Å². The highest BCUT2D eigenvalue weighted by molar-refractivity contribution is 5.89. The van der Waals surface area contributed by atoms with Gasteiger partial charge in [-0.1, -0.05) is 0 Å². The summed E-state index contributed by atoms with van der Waals surface area (Å²) >= 11 is 0. The second-order valence-electron chi connectivity index (χ2n) is 2.67. The first-order valence-electron chi connectivity index (χ1n) is 3.86. The van der Waals surface area contributed by atoms with E-state index in [1.54, 1.807) is 13.0 Å². The van der Waals surface area contributed by atoms with E-state index in [9.17, 15) is 9.90 Å². The largest absolute Gasteiger partial charge is 0.465 e. The topological polar surface area (TPSA) is 59.4 Å². The first-order chi connectivity index (χ1) is 6.15. The maximum absolute atomic E-state index is 11.0. The molecule has 0 bridgehead atoms. The molecule has 1 aromatic heterocycles. The monoisotopic (exact) mass is 181 g/mol. The number of hydrogen-bond acceptors (Lipinski definition) is 4. The molecule has 0 saturated carbocycles. The van der Waals surface area contributed by atoms with E-state index in [2.05, 4.69) is 9.72 Å². The normalized spacial score (nSPS) is 12.2. The van der Waals surface area contributed by atoms with Crippen LogP contribution in [0.3, 0.4) is 0 Å². The number of hydrogen-bond donors (Lipinski definition) is 1. The van der Waals surface area contributed by atoms with Gasteiger partial charge < -0.3 is 9.84 Å². The molecule has 70 valence electrons. The smallest absolute Gasteiger partial charge is 0.339 e. The fraction of sp³-hybridized carbons (Fsp3) is 0.333. The lowest BCUT2D eigenvalue weighted by molar-refractivity contribution is 0.0600. The van der Waals surface area contributed by atoms with Crippen LogP contribution in [0.5, 0.6) is 0 Å². The molecule has 1 rings (SSSR count). The third-order valence-electron chi connectivity index (χ3n) is 1.66. The van der Waals surface area contributed by atoms with Crippen molar-refractivity contribution in [3.63, 3.8) is 0 Å². The molecule has 0 radical (unpaired) electrons. The van der Waals surface area contributed by atoms with Crippen molar-refractivity contribution in [3.8, 4) is 0 Å². The van der Waals surface area contributed by atoms with E-state index in [0.717, 1.165) is 0 Å². The Morgan fingerprint density at radius 3 is 2.85 bits per heavy atom. The van der Waals surface area contributed by atoms with Crippen LogP contribution < -0.4 is 0 Å². The zero-order valence-corrected chi connectivity index (χ0v) is 7.52. The Morgan fingerprint density at radius 2 is 2.31 bits per heavy atom. The number of aliphatic hydroxyl groups is 1. The maximum atomic E-state index is 11.0. The average Bonchev–Trinajstić information content (AvgIpc) is 2.17. The predicted molar refractivity (Wildman–Crippen MR) is 46.2 cm³/mol. The first kappa shape index (κ1) is 9.67. The van der Waals surface area contributed by atoms with Gasteiger partial charge in [0, 0.05) is 12.4 Å². The molecule has 0 aromatic carbocycles. The Kier molecular flexibility index (Phi) is 2.97. The van der Waals surface area contributed by atoms with Crippen molar-refractivity contribution in [1.82, 2.24) is 4.98 Å². The summed E-state index contributed by atoms with van der Waals surface area (Å²) in [5.41, 5.74) is 0.948. The lowest BCUT2D eigenvalue weighted by Crippen LogP contribution is -2.03. The van der Waals surface area contributed by atoms with E-state index >= 15 is 0 Å². The van der Waals surface area contributed by atoms with E-state index < -0.39 is 12.1 Å². The quantitative estimate of drug-likeness (QED) is 0.689. The third kappa shape index (κ3) is 2.26. The zero-order valence-electron chi connectivity index (χ0n) is 7.52. The number of nitrogens with zero attached hydrogens (tertiary/aromatic N) is 1. The van der Waals surface area contributed by atoms with Gasteiger partial charge in [0.1, 0.15) is 0 Å². The Balaban J connectivity index is 2.98. The van der Waals surface area contributed by atoms with Crippen LogP contribution >= 0.6 is 0 Å². The lowest BCUT2D eigenvalue weighted by Gasteiger charge is -2.04. The predicted octanol–water partition coefficient (Wildman–Crippen LogP) is 0.921. The minimum Gasteiger partial charge on any atom is -0.465 e. The number of carbonyl (C=O) groups is 1. The van der Waals surface area contributed by atoms with Crippen LogP contribution in [-0.4, -0.2) is 23.2 Å². The molecule has 0 amide bonds. The maximum Gasteiger partial charge on any atom is 0.339 e. The minimum absolute atomic E-state index is 0.348. The minimum atomic E-state index is -0.628. The van der Waals surface area contributed by atoms with Gasteiger partial charge in [-0.3, -0.25) is 4.98 Å². The molecule has 13 heavy (non-hydrogen) atoms. The van der Waals surface area contributed by atoms with Crippen molar-refractivity contribution in [2.24, 2.45) is 0 Å². The van der Waals surface area contributed by atoms with Crippen LogP contribution in [0.25, 0.3) is 0 Å². The number of ether oxygens (including phenoxy) is 1. The molecule has 1 atom stereocenters. The highest BCUT2D eigenvalue weighted by Crippen LogP contribution is 2.12. The molecular formula is C9H11NO3. The van der Waals surface area contributed by atoms with Crippen molar-refractivity contribution < 1.29 is 14.6 Å². The van der Waals surface area contributed by atoms with Crippen molar-refractivity contribution in [2.75, 3.05) is 7.11 Å². The second kappa shape index (κ2) is 4.00. The SMILES string of the molecule is COC(=O)c1cncc([C@H](C)O)c1. The van der Waals surface area contributed by atoms with Gasteiger partial charge >= 0.3 is 5.97 Å². The molecule has 1 heterocycles. The van der Waals surface area contributed by atoms with Crippen molar-refractivity contribution in [3.05, 3.63) is 29.6 Å². The highest BCUT2D eigenvalue weighted by Gasteiger charge is 2.08. The highest BCUT2D eigenvalue weighted by atomic mass is 16.5. The molecule has 4 nitrogen and oxygen atoms in total. The third-order valence-corrected chi connectivity index (χ3v) is 1.66. The Labute approximate surface area is 76.2 Å². The fourth-order valence-corrected chi connectivity index (χ4v) is 0.916.